The molecule has 0 heterocycles. The number of nitrogens with one attached hydrogen (secondary N) is 1. The van der Waals surface area contributed by atoms with Crippen LogP contribution in [0.1, 0.15) is 18.1 Å². The van der Waals surface area contributed by atoms with Crippen LogP contribution in [0.5, 0.6) is 0 Å². The van der Waals surface area contributed by atoms with Gasteiger partial charge in [-0.15, -0.1) is 0 Å². The first kappa shape index (κ1) is 15.5. The van der Waals surface area contributed by atoms with Crippen molar-refractivity contribution in [1.29, 1.82) is 5.26 Å². The van der Waals surface area contributed by atoms with E-state index in [4.69, 9.17) is 5.26 Å². The predicted molar refractivity (Wildman–Crippen MR) is 67.7 cm³/mol. The van der Waals surface area contributed by atoms with Gasteiger partial charge in [0.1, 0.15) is 0 Å². The van der Waals surface area contributed by atoms with E-state index < -0.39 is 23.2 Å². The Balaban J connectivity index is 3.07. The van der Waals surface area contributed by atoms with Crippen molar-refractivity contribution in [2.24, 2.45) is 5.92 Å². The van der Waals surface area contributed by atoms with Gasteiger partial charge in [0.15, 0.2) is 0 Å². The Morgan fingerprint density at radius 3 is 2.63 bits per heavy atom. The van der Waals surface area contributed by atoms with E-state index >= 15 is 0 Å². The number of nitriles is 1. The van der Waals surface area contributed by atoms with Gasteiger partial charge in [-0.05, 0) is 18.2 Å². The van der Waals surface area contributed by atoms with Crippen LogP contribution in [0.4, 0.5) is 18.9 Å². The van der Waals surface area contributed by atoms with Gasteiger partial charge in [0.05, 0.1) is 17.2 Å². The molecule has 0 unspecified atom stereocenters. The summed E-state index contributed by atoms with van der Waals surface area (Å²) in [5, 5.41) is 11.4. The van der Waals surface area contributed by atoms with E-state index in [0.29, 0.717) is 5.33 Å². The lowest BCUT2D eigenvalue weighted by molar-refractivity contribution is -0.137. The number of hydrogen-bond donors (Lipinski definition) is 1. The van der Waals surface area contributed by atoms with Crippen molar-refractivity contribution < 1.29 is 18.0 Å². The summed E-state index contributed by atoms with van der Waals surface area (Å²) in [4.78, 5) is 11.6. The van der Waals surface area contributed by atoms with Crippen molar-refractivity contribution in [3.8, 4) is 6.07 Å². The van der Waals surface area contributed by atoms with Crippen LogP contribution >= 0.6 is 15.9 Å². The maximum atomic E-state index is 12.7. The van der Waals surface area contributed by atoms with E-state index in [9.17, 15) is 18.0 Å². The van der Waals surface area contributed by atoms with Gasteiger partial charge in [-0.1, -0.05) is 22.9 Å². The molecule has 0 saturated heterocycles. The summed E-state index contributed by atoms with van der Waals surface area (Å²) in [5.74, 6) is -0.764. The molecule has 0 radical (unpaired) electrons. The predicted octanol–water partition coefficient (Wildman–Crippen LogP) is 3.55. The fourth-order valence-electron chi connectivity index (χ4n) is 1.29. The molecule has 0 aromatic heterocycles. The van der Waals surface area contributed by atoms with Gasteiger partial charge in [0.25, 0.3) is 0 Å². The largest absolute Gasteiger partial charge is 0.417 e. The molecule has 102 valence electrons. The highest BCUT2D eigenvalue weighted by molar-refractivity contribution is 9.09. The van der Waals surface area contributed by atoms with Crippen molar-refractivity contribution in [1.82, 2.24) is 0 Å². The smallest absolute Gasteiger partial charge is 0.326 e. The summed E-state index contributed by atoms with van der Waals surface area (Å²) in [5.41, 5.74) is -1.51. The fraction of sp³-hybridized carbons (Fsp3) is 0.333. The SMILES string of the molecule is C[C@H](CBr)C(=O)Nc1ccc(C#N)c(C(F)(F)F)c1. The van der Waals surface area contributed by atoms with Crippen LogP contribution in [0, 0.1) is 17.2 Å². The van der Waals surface area contributed by atoms with Crippen molar-refractivity contribution in [3.05, 3.63) is 29.3 Å². The van der Waals surface area contributed by atoms with Crippen molar-refractivity contribution in [3.63, 3.8) is 0 Å². The molecule has 1 atom stereocenters. The average molecular weight is 335 g/mol. The Bertz CT molecular complexity index is 523. The molecule has 0 saturated carbocycles. The Kier molecular flexibility index (Phi) is 4.95. The Labute approximate surface area is 116 Å². The molecule has 3 nitrogen and oxygen atoms in total. The van der Waals surface area contributed by atoms with Gasteiger partial charge in [-0.3, -0.25) is 4.79 Å². The van der Waals surface area contributed by atoms with Crippen LogP contribution < -0.4 is 5.32 Å². The first-order valence-corrected chi connectivity index (χ1v) is 6.40. The first-order chi connectivity index (χ1) is 8.79. The Morgan fingerprint density at radius 2 is 2.16 bits per heavy atom. The number of rotatable bonds is 3. The van der Waals surface area contributed by atoms with Crippen LogP contribution in [-0.2, 0) is 11.0 Å². The summed E-state index contributed by atoms with van der Waals surface area (Å²) >= 11 is 3.11. The standard InChI is InChI=1S/C12H10BrF3N2O/c1-7(5-13)11(19)18-9-3-2-8(6-17)10(4-9)12(14,15)16/h2-4,7H,5H2,1H3,(H,18,19)/t7-/m1/s1. The van der Waals surface area contributed by atoms with E-state index in [1.165, 1.54) is 12.1 Å². The number of amides is 1. The fourth-order valence-corrected chi connectivity index (χ4v) is 1.58. The minimum Gasteiger partial charge on any atom is -0.326 e. The summed E-state index contributed by atoms with van der Waals surface area (Å²) in [6.45, 7) is 1.64. The molecule has 0 spiro atoms. The lowest BCUT2D eigenvalue weighted by Crippen LogP contribution is -2.21. The van der Waals surface area contributed by atoms with E-state index in [1.54, 1.807) is 6.92 Å². The van der Waals surface area contributed by atoms with Gasteiger partial charge in [-0.2, -0.15) is 18.4 Å². The highest BCUT2D eigenvalue weighted by atomic mass is 79.9. The third-order valence-corrected chi connectivity index (χ3v) is 3.36. The van der Waals surface area contributed by atoms with Gasteiger partial charge in [-0.25, -0.2) is 0 Å². The lowest BCUT2D eigenvalue weighted by atomic mass is 10.1. The number of benzene rings is 1. The highest BCUT2D eigenvalue weighted by Crippen LogP contribution is 2.33. The number of anilines is 1. The first-order valence-electron chi connectivity index (χ1n) is 5.27. The monoisotopic (exact) mass is 334 g/mol. The Hall–Kier alpha value is -1.55. The maximum Gasteiger partial charge on any atom is 0.417 e. The second-order valence-electron chi connectivity index (χ2n) is 3.91. The lowest BCUT2D eigenvalue weighted by Gasteiger charge is -2.13. The van der Waals surface area contributed by atoms with Gasteiger partial charge in [0, 0.05) is 16.9 Å². The molecule has 0 fully saturated rings. The number of carbonyl (C=O) groups excluding carboxylic acids is 1. The minimum atomic E-state index is -4.63. The molecule has 7 heteroatoms. The van der Waals surface area contributed by atoms with E-state index in [0.717, 1.165) is 12.1 Å². The van der Waals surface area contributed by atoms with E-state index in [2.05, 4.69) is 21.2 Å². The second kappa shape index (κ2) is 6.06. The molecule has 0 aliphatic rings. The second-order valence-corrected chi connectivity index (χ2v) is 4.56. The zero-order valence-corrected chi connectivity index (χ0v) is 11.5. The molecular weight excluding hydrogens is 325 g/mol. The third kappa shape index (κ3) is 3.96. The van der Waals surface area contributed by atoms with Crippen LogP contribution in [0.15, 0.2) is 18.2 Å². The summed E-state index contributed by atoms with van der Waals surface area (Å²) in [7, 11) is 0. The number of alkyl halides is 4. The molecule has 0 bridgehead atoms. The topological polar surface area (TPSA) is 52.9 Å². The zero-order chi connectivity index (χ0) is 14.6. The number of nitrogens with zero attached hydrogens (tertiary/aromatic N) is 1. The van der Waals surface area contributed by atoms with Crippen molar-refractivity contribution >= 4 is 27.5 Å². The number of carbonyl (C=O) groups is 1. The van der Waals surface area contributed by atoms with Crippen LogP contribution in [-0.4, -0.2) is 11.2 Å². The Morgan fingerprint density at radius 1 is 1.53 bits per heavy atom. The molecule has 19 heavy (non-hydrogen) atoms. The van der Waals surface area contributed by atoms with Crippen LogP contribution in [0.3, 0.4) is 0 Å². The van der Waals surface area contributed by atoms with E-state index in [-0.39, 0.29) is 11.6 Å². The average Bonchev–Trinajstić information content (AvgIpc) is 2.36. The van der Waals surface area contributed by atoms with Gasteiger partial charge in [0.2, 0.25) is 5.91 Å². The van der Waals surface area contributed by atoms with Crippen LogP contribution in [0.25, 0.3) is 0 Å². The quantitative estimate of drug-likeness (QED) is 0.859. The van der Waals surface area contributed by atoms with Crippen LogP contribution in [0.2, 0.25) is 0 Å². The summed E-state index contributed by atoms with van der Waals surface area (Å²) in [6, 6.07) is 4.55. The molecule has 1 aromatic rings. The number of halogens is 4. The molecule has 0 aliphatic carbocycles. The van der Waals surface area contributed by atoms with Crippen molar-refractivity contribution in [2.75, 3.05) is 10.6 Å². The minimum absolute atomic E-state index is 0.0177. The van der Waals surface area contributed by atoms with E-state index in [1.807, 2.05) is 0 Å². The summed E-state index contributed by atoms with van der Waals surface area (Å²) in [6.07, 6.45) is -4.63. The molecule has 0 aliphatic heterocycles. The molecule has 1 amide bonds. The van der Waals surface area contributed by atoms with Gasteiger partial charge >= 0.3 is 6.18 Å². The number of hydrogen-bond acceptors (Lipinski definition) is 2. The molecule has 1 rings (SSSR count). The zero-order valence-electron chi connectivity index (χ0n) is 9.88. The van der Waals surface area contributed by atoms with Crippen molar-refractivity contribution in [2.45, 2.75) is 13.1 Å². The molecule has 1 N–H and O–H groups in total. The third-order valence-electron chi connectivity index (χ3n) is 2.39. The molecular formula is C12H10BrF3N2O. The normalized spacial score (nSPS) is 12.6. The highest BCUT2D eigenvalue weighted by Gasteiger charge is 2.34. The van der Waals surface area contributed by atoms with Gasteiger partial charge < -0.3 is 5.32 Å². The summed E-state index contributed by atoms with van der Waals surface area (Å²) < 4.78 is 38.1. The maximum absolute atomic E-state index is 12.7. The molecule has 1 aromatic carbocycles.